The first-order valence-corrected chi connectivity index (χ1v) is 12.5. The fourth-order valence-corrected chi connectivity index (χ4v) is 6.43. The highest BCUT2D eigenvalue weighted by atomic mass is 32.2. The monoisotopic (exact) mass is 474 g/mol. The van der Waals surface area contributed by atoms with E-state index in [2.05, 4.69) is 15.5 Å². The van der Waals surface area contributed by atoms with E-state index >= 15 is 0 Å². The minimum Gasteiger partial charge on any atom is -0.320 e. The molecule has 2 heterocycles. The summed E-state index contributed by atoms with van der Waals surface area (Å²) < 4.78 is 41.4. The molecule has 0 radical (unpaired) electrons. The van der Waals surface area contributed by atoms with Crippen LogP contribution in [0.4, 0.5) is 10.1 Å². The van der Waals surface area contributed by atoms with Crippen LogP contribution < -0.4 is 5.32 Å². The van der Waals surface area contributed by atoms with Crippen molar-refractivity contribution in [1.29, 1.82) is 0 Å². The number of hydrogen-bond donors (Lipinski definition) is 1. The van der Waals surface area contributed by atoms with Gasteiger partial charge in [0, 0.05) is 24.7 Å². The molecule has 0 aliphatic carbocycles. The predicted molar refractivity (Wildman–Crippen MR) is 121 cm³/mol. The summed E-state index contributed by atoms with van der Waals surface area (Å²) in [6.45, 7) is 4.39. The first-order valence-electron chi connectivity index (χ1n) is 10.2. The summed E-state index contributed by atoms with van der Waals surface area (Å²) in [7, 11) is -3.64. The Kier molecular flexibility index (Phi) is 6.36. The molecule has 0 saturated carbocycles. The van der Waals surface area contributed by atoms with Gasteiger partial charge in [0.05, 0.1) is 4.90 Å². The van der Waals surface area contributed by atoms with E-state index in [1.54, 1.807) is 19.1 Å². The number of halogens is 1. The highest BCUT2D eigenvalue weighted by Gasteiger charge is 2.33. The smallest absolute Gasteiger partial charge is 0.286 e. The molecule has 4 rings (SSSR count). The van der Waals surface area contributed by atoms with E-state index in [1.165, 1.54) is 22.5 Å². The zero-order chi connectivity index (χ0) is 22.9. The Morgan fingerprint density at radius 2 is 2.00 bits per heavy atom. The van der Waals surface area contributed by atoms with Crippen LogP contribution in [0.1, 0.15) is 44.7 Å². The lowest BCUT2D eigenvalue weighted by Gasteiger charge is -2.31. The fourth-order valence-electron chi connectivity index (χ4n) is 3.73. The van der Waals surface area contributed by atoms with Crippen LogP contribution in [0.15, 0.2) is 47.4 Å². The minimum absolute atomic E-state index is 0.142. The standard InChI is InChI=1S/C22H23FN4O3S2/c1-14-8-9-15(2)19(11-14)32(29,30)27-10-4-5-16(13-27)21-25-26-22(31-21)20(28)24-18-7-3-6-17(23)12-18/h3,6-9,11-12,16H,4-5,10,13H2,1-2H3,(H,24,28)/t16-/m1/s1. The van der Waals surface area contributed by atoms with Gasteiger partial charge in [-0.2, -0.15) is 4.31 Å². The van der Waals surface area contributed by atoms with E-state index in [1.807, 2.05) is 19.1 Å². The quantitative estimate of drug-likeness (QED) is 0.601. The molecule has 168 valence electrons. The van der Waals surface area contributed by atoms with Gasteiger partial charge in [-0.05, 0) is 62.1 Å². The summed E-state index contributed by atoms with van der Waals surface area (Å²) >= 11 is 1.14. The second kappa shape index (κ2) is 9.05. The van der Waals surface area contributed by atoms with Crippen LogP contribution in [-0.4, -0.2) is 41.9 Å². The van der Waals surface area contributed by atoms with Crippen molar-refractivity contribution < 1.29 is 17.6 Å². The molecular formula is C22H23FN4O3S2. The van der Waals surface area contributed by atoms with Gasteiger partial charge in [-0.3, -0.25) is 4.79 Å². The average Bonchev–Trinajstić information content (AvgIpc) is 3.26. The van der Waals surface area contributed by atoms with Gasteiger partial charge in [0.15, 0.2) is 0 Å². The van der Waals surface area contributed by atoms with Gasteiger partial charge in [-0.1, -0.05) is 29.5 Å². The Hall–Kier alpha value is -2.69. The fraction of sp³-hybridized carbons (Fsp3) is 0.318. The zero-order valence-corrected chi connectivity index (χ0v) is 19.3. The third-order valence-electron chi connectivity index (χ3n) is 5.41. The predicted octanol–water partition coefficient (Wildman–Crippen LogP) is 4.11. The molecule has 10 heteroatoms. The van der Waals surface area contributed by atoms with E-state index in [4.69, 9.17) is 0 Å². The van der Waals surface area contributed by atoms with Crippen molar-refractivity contribution in [1.82, 2.24) is 14.5 Å². The molecule has 1 atom stereocenters. The molecule has 3 aromatic rings. The maximum absolute atomic E-state index is 13.3. The molecule has 7 nitrogen and oxygen atoms in total. The molecule has 1 aliphatic heterocycles. The van der Waals surface area contributed by atoms with E-state index in [0.29, 0.717) is 34.1 Å². The number of hydrogen-bond acceptors (Lipinski definition) is 6. The molecule has 32 heavy (non-hydrogen) atoms. The van der Waals surface area contributed by atoms with Crippen molar-refractivity contribution in [2.75, 3.05) is 18.4 Å². The van der Waals surface area contributed by atoms with E-state index in [9.17, 15) is 17.6 Å². The number of rotatable bonds is 5. The van der Waals surface area contributed by atoms with Crippen molar-refractivity contribution in [2.24, 2.45) is 0 Å². The molecule has 0 bridgehead atoms. The largest absolute Gasteiger partial charge is 0.320 e. The second-order valence-electron chi connectivity index (χ2n) is 7.88. The van der Waals surface area contributed by atoms with Crippen LogP contribution in [-0.2, 0) is 10.0 Å². The lowest BCUT2D eigenvalue weighted by molar-refractivity contribution is 0.102. The summed E-state index contributed by atoms with van der Waals surface area (Å²) in [6, 6.07) is 11.0. The number of benzene rings is 2. The Morgan fingerprint density at radius 3 is 2.78 bits per heavy atom. The molecule has 0 unspecified atom stereocenters. The summed E-state index contributed by atoms with van der Waals surface area (Å²) in [5, 5.41) is 11.5. The Balaban J connectivity index is 1.50. The molecular weight excluding hydrogens is 451 g/mol. The topological polar surface area (TPSA) is 92.3 Å². The molecule has 1 fully saturated rings. The highest BCUT2D eigenvalue weighted by molar-refractivity contribution is 7.89. The number of carbonyl (C=O) groups excluding carboxylic acids is 1. The molecule has 1 aromatic heterocycles. The number of aryl methyl sites for hydroxylation is 2. The van der Waals surface area contributed by atoms with Crippen molar-refractivity contribution in [3.05, 3.63) is 69.4 Å². The molecule has 1 N–H and O–H groups in total. The normalized spacial score (nSPS) is 17.3. The zero-order valence-electron chi connectivity index (χ0n) is 17.7. The summed E-state index contributed by atoms with van der Waals surface area (Å²) in [6.07, 6.45) is 1.46. The maximum atomic E-state index is 13.3. The number of nitrogens with zero attached hydrogens (tertiary/aromatic N) is 3. The first kappa shape index (κ1) is 22.5. The highest BCUT2D eigenvalue weighted by Crippen LogP contribution is 2.33. The van der Waals surface area contributed by atoms with Crippen LogP contribution in [0.3, 0.4) is 0 Å². The van der Waals surface area contributed by atoms with Crippen LogP contribution in [0.25, 0.3) is 0 Å². The van der Waals surface area contributed by atoms with Gasteiger partial charge in [0.2, 0.25) is 15.0 Å². The van der Waals surface area contributed by atoms with Crippen molar-refractivity contribution >= 4 is 33.0 Å². The third-order valence-corrected chi connectivity index (χ3v) is 8.50. The van der Waals surface area contributed by atoms with Crippen LogP contribution in [0.5, 0.6) is 0 Å². The number of sulfonamides is 1. The molecule has 0 spiro atoms. The average molecular weight is 475 g/mol. The minimum atomic E-state index is -3.64. The van der Waals surface area contributed by atoms with E-state index in [-0.39, 0.29) is 17.5 Å². The molecule has 1 amide bonds. The van der Waals surface area contributed by atoms with E-state index < -0.39 is 21.7 Å². The number of aromatic nitrogens is 2. The van der Waals surface area contributed by atoms with Gasteiger partial charge in [0.1, 0.15) is 10.8 Å². The number of amides is 1. The lowest BCUT2D eigenvalue weighted by Crippen LogP contribution is -2.39. The second-order valence-corrected chi connectivity index (χ2v) is 10.8. The Morgan fingerprint density at radius 1 is 1.19 bits per heavy atom. The summed E-state index contributed by atoms with van der Waals surface area (Å²) in [4.78, 5) is 12.8. The molecule has 2 aromatic carbocycles. The van der Waals surface area contributed by atoms with Crippen LogP contribution >= 0.6 is 11.3 Å². The van der Waals surface area contributed by atoms with Gasteiger partial charge < -0.3 is 5.32 Å². The first-order chi connectivity index (χ1) is 15.2. The number of piperidine rings is 1. The molecule has 1 saturated heterocycles. The number of carbonyl (C=O) groups is 1. The summed E-state index contributed by atoms with van der Waals surface area (Å²) in [5.74, 6) is -1.07. The van der Waals surface area contributed by atoms with Gasteiger partial charge in [0.25, 0.3) is 5.91 Å². The van der Waals surface area contributed by atoms with Crippen molar-refractivity contribution in [3.8, 4) is 0 Å². The molecule has 1 aliphatic rings. The van der Waals surface area contributed by atoms with Crippen molar-refractivity contribution in [3.63, 3.8) is 0 Å². The van der Waals surface area contributed by atoms with Gasteiger partial charge >= 0.3 is 0 Å². The lowest BCUT2D eigenvalue weighted by atomic mass is 10.0. The summed E-state index contributed by atoms with van der Waals surface area (Å²) in [5.41, 5.74) is 1.93. The van der Waals surface area contributed by atoms with Crippen LogP contribution in [0, 0.1) is 19.7 Å². The number of nitrogens with one attached hydrogen (secondary N) is 1. The SMILES string of the molecule is Cc1ccc(C)c(S(=O)(=O)N2CCC[C@@H](c3nnc(C(=O)Nc4cccc(F)c4)s3)C2)c1. The van der Waals surface area contributed by atoms with Crippen LogP contribution in [0.2, 0.25) is 0 Å². The third kappa shape index (κ3) is 4.72. The van der Waals surface area contributed by atoms with Crippen molar-refractivity contribution in [2.45, 2.75) is 37.5 Å². The van der Waals surface area contributed by atoms with Gasteiger partial charge in [-0.15, -0.1) is 10.2 Å². The Labute approximate surface area is 190 Å². The van der Waals surface area contributed by atoms with E-state index in [0.717, 1.165) is 23.3 Å². The number of anilines is 1. The van der Waals surface area contributed by atoms with Gasteiger partial charge in [-0.25, -0.2) is 12.8 Å². The maximum Gasteiger partial charge on any atom is 0.286 e. The Bertz CT molecular complexity index is 1260.